The summed E-state index contributed by atoms with van der Waals surface area (Å²) in [6, 6.07) is 18.0. The van der Waals surface area contributed by atoms with Gasteiger partial charge in [0.2, 0.25) is 15.9 Å². The van der Waals surface area contributed by atoms with Crippen molar-refractivity contribution < 1.29 is 17.9 Å². The predicted octanol–water partition coefficient (Wildman–Crippen LogP) is 3.78. The molecular weight excluding hydrogens is 470 g/mol. The Morgan fingerprint density at radius 1 is 1.03 bits per heavy atom. The van der Waals surface area contributed by atoms with Crippen molar-refractivity contribution in [2.24, 2.45) is 0 Å². The summed E-state index contributed by atoms with van der Waals surface area (Å²) in [7, 11) is -3.57. The van der Waals surface area contributed by atoms with Crippen LogP contribution in [-0.2, 0) is 19.6 Å². The molecule has 0 unspecified atom stereocenters. The largest absolute Gasteiger partial charge is 0.379 e. The van der Waals surface area contributed by atoms with E-state index in [1.807, 2.05) is 25.3 Å². The molecule has 2 N–H and O–H groups in total. The lowest BCUT2D eigenvalue weighted by Crippen LogP contribution is -2.40. The SMILES string of the molecule is Cc1ccc([C@H](N[C@H](C)C(=O)Nc2ccc(S(=O)(=O)N3CCOCC3)cc2)c2cccs2)cc1. The van der Waals surface area contributed by atoms with E-state index in [1.54, 1.807) is 23.5 Å². The zero-order valence-corrected chi connectivity index (χ0v) is 20.9. The normalized spacial score (nSPS) is 16.6. The Bertz CT molecular complexity index is 1190. The molecule has 2 aromatic carbocycles. The quantitative estimate of drug-likeness (QED) is 0.493. The zero-order chi connectivity index (χ0) is 24.1. The van der Waals surface area contributed by atoms with Crippen LogP contribution in [0.15, 0.2) is 70.9 Å². The maximum absolute atomic E-state index is 12.9. The number of aryl methyl sites for hydroxylation is 1. The van der Waals surface area contributed by atoms with Crippen molar-refractivity contribution in [2.75, 3.05) is 31.6 Å². The smallest absolute Gasteiger partial charge is 0.243 e. The number of anilines is 1. The summed E-state index contributed by atoms with van der Waals surface area (Å²) < 4.78 is 32.2. The van der Waals surface area contributed by atoms with Crippen molar-refractivity contribution in [1.29, 1.82) is 0 Å². The maximum Gasteiger partial charge on any atom is 0.243 e. The zero-order valence-electron chi connectivity index (χ0n) is 19.2. The predicted molar refractivity (Wildman–Crippen MR) is 135 cm³/mol. The van der Waals surface area contributed by atoms with Crippen LogP contribution in [0.1, 0.15) is 29.0 Å². The number of amides is 1. The third-order valence-electron chi connectivity index (χ3n) is 5.78. The molecule has 0 aliphatic carbocycles. The Labute approximate surface area is 204 Å². The highest BCUT2D eigenvalue weighted by Gasteiger charge is 2.26. The van der Waals surface area contributed by atoms with Crippen LogP contribution in [-0.4, -0.2) is 51.0 Å². The highest BCUT2D eigenvalue weighted by atomic mass is 32.2. The molecule has 3 aromatic rings. The van der Waals surface area contributed by atoms with Crippen molar-refractivity contribution in [3.05, 3.63) is 82.0 Å². The third-order valence-corrected chi connectivity index (χ3v) is 8.63. The summed E-state index contributed by atoms with van der Waals surface area (Å²) in [5.74, 6) is -0.197. The maximum atomic E-state index is 12.9. The molecule has 1 aromatic heterocycles. The monoisotopic (exact) mass is 499 g/mol. The second-order valence-electron chi connectivity index (χ2n) is 8.28. The van der Waals surface area contributed by atoms with Crippen molar-refractivity contribution >= 4 is 33.0 Å². The van der Waals surface area contributed by atoms with Crippen LogP contribution in [0.2, 0.25) is 0 Å². The number of benzene rings is 2. The molecule has 2 atom stereocenters. The summed E-state index contributed by atoms with van der Waals surface area (Å²) in [5, 5.41) is 8.35. The van der Waals surface area contributed by atoms with Gasteiger partial charge in [-0.25, -0.2) is 8.42 Å². The van der Waals surface area contributed by atoms with E-state index in [9.17, 15) is 13.2 Å². The van der Waals surface area contributed by atoms with E-state index in [0.29, 0.717) is 32.0 Å². The first kappa shape index (κ1) is 24.6. The van der Waals surface area contributed by atoms with E-state index < -0.39 is 16.1 Å². The molecule has 0 bridgehead atoms. The molecule has 1 fully saturated rings. The molecule has 1 saturated heterocycles. The van der Waals surface area contributed by atoms with Gasteiger partial charge in [0.25, 0.3) is 0 Å². The Morgan fingerprint density at radius 3 is 2.32 bits per heavy atom. The molecule has 1 aliphatic heterocycles. The number of thiophene rings is 1. The fourth-order valence-corrected chi connectivity index (χ4v) is 6.00. The first-order valence-corrected chi connectivity index (χ1v) is 13.5. The Balaban J connectivity index is 1.43. The number of carbonyl (C=O) groups is 1. The first-order valence-electron chi connectivity index (χ1n) is 11.2. The third kappa shape index (κ3) is 5.73. The van der Waals surface area contributed by atoms with Gasteiger partial charge in [-0.3, -0.25) is 10.1 Å². The lowest BCUT2D eigenvalue weighted by atomic mass is 10.0. The summed E-state index contributed by atoms with van der Waals surface area (Å²) in [6.45, 7) is 5.35. The average Bonchev–Trinajstić information content (AvgIpc) is 3.38. The van der Waals surface area contributed by atoms with Gasteiger partial charge in [0.15, 0.2) is 0 Å². The van der Waals surface area contributed by atoms with E-state index >= 15 is 0 Å². The molecule has 4 rings (SSSR count). The molecule has 0 saturated carbocycles. The molecule has 7 nitrogen and oxygen atoms in total. The fraction of sp³-hybridized carbons (Fsp3) is 0.320. The molecule has 0 spiro atoms. The van der Waals surface area contributed by atoms with E-state index in [0.717, 1.165) is 10.4 Å². The van der Waals surface area contributed by atoms with Gasteiger partial charge < -0.3 is 10.1 Å². The van der Waals surface area contributed by atoms with Crippen LogP contribution in [0.4, 0.5) is 5.69 Å². The Kier molecular flexibility index (Phi) is 7.80. The van der Waals surface area contributed by atoms with Crippen LogP contribution in [0.3, 0.4) is 0 Å². The van der Waals surface area contributed by atoms with Gasteiger partial charge >= 0.3 is 0 Å². The van der Waals surface area contributed by atoms with Crippen molar-refractivity contribution in [2.45, 2.75) is 30.8 Å². The molecule has 9 heteroatoms. The summed E-state index contributed by atoms with van der Waals surface area (Å²) >= 11 is 1.64. The number of rotatable bonds is 8. The number of sulfonamides is 1. The number of hydrogen-bond acceptors (Lipinski definition) is 6. The van der Waals surface area contributed by atoms with Gasteiger partial charge in [0, 0.05) is 23.7 Å². The molecular formula is C25H29N3O4S2. The lowest BCUT2D eigenvalue weighted by Gasteiger charge is -2.26. The summed E-state index contributed by atoms with van der Waals surface area (Å²) in [4.78, 5) is 14.3. The first-order chi connectivity index (χ1) is 16.3. The van der Waals surface area contributed by atoms with Crippen LogP contribution in [0.25, 0.3) is 0 Å². The van der Waals surface area contributed by atoms with E-state index in [2.05, 4.69) is 41.0 Å². The highest BCUT2D eigenvalue weighted by Crippen LogP contribution is 2.27. The second kappa shape index (κ2) is 10.8. The fourth-order valence-electron chi connectivity index (χ4n) is 3.78. The lowest BCUT2D eigenvalue weighted by molar-refractivity contribution is -0.117. The number of morpholine rings is 1. The minimum Gasteiger partial charge on any atom is -0.379 e. The van der Waals surface area contributed by atoms with Crippen molar-refractivity contribution in [1.82, 2.24) is 9.62 Å². The minimum atomic E-state index is -3.57. The molecule has 180 valence electrons. The topological polar surface area (TPSA) is 87.7 Å². The van der Waals surface area contributed by atoms with E-state index in [1.165, 1.54) is 22.0 Å². The Hall–Kier alpha value is -2.56. The van der Waals surface area contributed by atoms with Gasteiger partial charge in [0.05, 0.1) is 30.2 Å². The standard InChI is InChI=1S/C25H29N3O4S2/c1-18-5-7-20(8-6-18)24(23-4-3-17-33-23)26-19(2)25(29)27-21-9-11-22(12-10-21)34(30,31)28-13-15-32-16-14-28/h3-12,17,19,24,26H,13-16H2,1-2H3,(H,27,29)/t19-,24+/m1/s1. The van der Waals surface area contributed by atoms with Gasteiger partial charge in [-0.1, -0.05) is 35.9 Å². The van der Waals surface area contributed by atoms with Crippen LogP contribution in [0, 0.1) is 6.92 Å². The van der Waals surface area contributed by atoms with Gasteiger partial charge in [0.1, 0.15) is 0 Å². The number of carbonyl (C=O) groups excluding carboxylic acids is 1. The molecule has 0 radical (unpaired) electrons. The van der Waals surface area contributed by atoms with Gasteiger partial charge in [-0.05, 0) is 55.1 Å². The van der Waals surface area contributed by atoms with Crippen LogP contribution < -0.4 is 10.6 Å². The number of hydrogen-bond donors (Lipinski definition) is 2. The number of nitrogens with zero attached hydrogens (tertiary/aromatic N) is 1. The van der Waals surface area contributed by atoms with Gasteiger partial charge in [-0.15, -0.1) is 11.3 Å². The van der Waals surface area contributed by atoms with Gasteiger partial charge in [-0.2, -0.15) is 4.31 Å². The van der Waals surface area contributed by atoms with Crippen LogP contribution in [0.5, 0.6) is 0 Å². The molecule has 34 heavy (non-hydrogen) atoms. The minimum absolute atomic E-state index is 0.109. The van der Waals surface area contributed by atoms with Crippen molar-refractivity contribution in [3.8, 4) is 0 Å². The molecule has 1 amide bonds. The average molecular weight is 500 g/mol. The highest BCUT2D eigenvalue weighted by molar-refractivity contribution is 7.89. The molecule has 2 heterocycles. The number of ether oxygens (including phenoxy) is 1. The van der Waals surface area contributed by atoms with E-state index in [4.69, 9.17) is 4.74 Å². The Morgan fingerprint density at radius 2 is 1.71 bits per heavy atom. The summed E-state index contributed by atoms with van der Waals surface area (Å²) in [5.41, 5.74) is 2.81. The van der Waals surface area contributed by atoms with Crippen molar-refractivity contribution in [3.63, 3.8) is 0 Å². The second-order valence-corrected chi connectivity index (χ2v) is 11.2. The summed E-state index contributed by atoms with van der Waals surface area (Å²) in [6.07, 6.45) is 0. The van der Waals surface area contributed by atoms with E-state index in [-0.39, 0.29) is 16.8 Å². The van der Waals surface area contributed by atoms with Crippen LogP contribution >= 0.6 is 11.3 Å². The number of nitrogens with one attached hydrogen (secondary N) is 2. The molecule has 1 aliphatic rings.